The molecule has 16 heteroatoms. The van der Waals surface area contributed by atoms with Crippen molar-refractivity contribution in [1.29, 1.82) is 0 Å². The maximum Gasteiger partial charge on any atom is 0.369 e. The van der Waals surface area contributed by atoms with Gasteiger partial charge in [0.05, 0.1) is 18.3 Å². The van der Waals surface area contributed by atoms with E-state index in [-0.39, 0.29) is 16.9 Å². The number of benzene rings is 3. The van der Waals surface area contributed by atoms with Crippen LogP contribution in [0.25, 0.3) is 22.3 Å². The average molecular weight is 612 g/mol. The van der Waals surface area contributed by atoms with Gasteiger partial charge < -0.3 is 63.3 Å². The molecule has 1 aliphatic heterocycles. The smallest absolute Gasteiger partial charge is 0.369 e. The fourth-order valence-corrected chi connectivity index (χ4v) is 4.74. The molecule has 0 bridgehead atoms. The number of aliphatic hydroxyl groups excluding tert-OH is 1. The Balaban J connectivity index is 1.61. The second kappa shape index (κ2) is 11.4. The second-order valence-electron chi connectivity index (χ2n) is 9.35. The number of aromatic hydroxyl groups is 7. The van der Waals surface area contributed by atoms with E-state index in [1.165, 1.54) is 6.07 Å². The van der Waals surface area contributed by atoms with E-state index in [2.05, 4.69) is 0 Å². The Morgan fingerprint density at radius 2 is 1.56 bits per heavy atom. The standard InChI is InChI=1S/C27H21O15.Al/c28-11-6-14(31)19-18(7-11)40-23(9-1-2-12(29)13(30)3-9)24(22(19)37)42-27-25(21(36)17(34)8-39-27)41-26(38)10-4-15(32)20(35)16(33)5-10;/h1-7,17,21,25,27-35H,8H2;/q-1;+1. The third-order valence-electron chi connectivity index (χ3n) is 6.50. The lowest BCUT2D eigenvalue weighted by Crippen LogP contribution is -2.57. The molecule has 4 aromatic rings. The molecule has 222 valence electrons. The Labute approximate surface area is 248 Å². The number of phenols is 7. The van der Waals surface area contributed by atoms with Crippen LogP contribution >= 0.6 is 0 Å². The molecule has 0 spiro atoms. The number of esters is 1. The van der Waals surface area contributed by atoms with Gasteiger partial charge in [0.1, 0.15) is 28.6 Å². The van der Waals surface area contributed by atoms with E-state index in [0.29, 0.717) is 0 Å². The molecule has 1 fully saturated rings. The van der Waals surface area contributed by atoms with Crippen molar-refractivity contribution in [3.05, 3.63) is 58.3 Å². The highest BCUT2D eigenvalue weighted by molar-refractivity contribution is 5.98. The van der Waals surface area contributed by atoms with Crippen molar-refractivity contribution in [2.45, 2.75) is 24.6 Å². The second-order valence-corrected chi connectivity index (χ2v) is 9.62. The summed E-state index contributed by atoms with van der Waals surface area (Å²) in [6.45, 7) is -0.439. The van der Waals surface area contributed by atoms with E-state index in [4.69, 9.17) is 22.4 Å². The number of ether oxygens (including phenoxy) is 3. The van der Waals surface area contributed by atoms with Crippen molar-refractivity contribution in [2.75, 3.05) is 6.61 Å². The van der Waals surface area contributed by atoms with Crippen LogP contribution in [0.2, 0.25) is 0 Å². The predicted molar refractivity (Wildman–Crippen MR) is 142 cm³/mol. The molecule has 0 saturated carbocycles. The molecular formula is C27H21AlO15. The summed E-state index contributed by atoms with van der Waals surface area (Å²) in [6, 6.07) is 6.92. The Morgan fingerprint density at radius 3 is 2.21 bits per heavy atom. The predicted octanol–water partition coefficient (Wildman–Crippen LogP) is 1.19. The summed E-state index contributed by atoms with van der Waals surface area (Å²) in [5.41, 5.74) is -1.70. The van der Waals surface area contributed by atoms with Crippen LogP contribution in [0.1, 0.15) is 10.4 Å². The maximum absolute atomic E-state index is 13.7. The quantitative estimate of drug-likeness (QED) is 0.0866. The summed E-state index contributed by atoms with van der Waals surface area (Å²) >= 11 is 1.88. The summed E-state index contributed by atoms with van der Waals surface area (Å²) in [6.07, 6.45) is -6.07. The minimum Gasteiger partial charge on any atom is -0.509 e. The number of carbonyl (C=O) groups is 1. The summed E-state index contributed by atoms with van der Waals surface area (Å²) in [7, 11) is 0. The van der Waals surface area contributed by atoms with Crippen molar-refractivity contribution in [3.8, 4) is 57.3 Å². The largest absolute Gasteiger partial charge is 0.509 e. The van der Waals surface area contributed by atoms with E-state index < -0.39 is 99.6 Å². The van der Waals surface area contributed by atoms with Crippen LogP contribution < -0.4 is 10.2 Å². The monoisotopic (exact) mass is 612 g/mol. The Kier molecular flexibility index (Phi) is 7.88. The minimum absolute atomic E-state index is 0.00888. The molecule has 5 rings (SSSR count). The van der Waals surface area contributed by atoms with Crippen LogP contribution in [-0.2, 0) is 13.3 Å². The highest BCUT2D eigenvalue weighted by atomic mass is 27.1. The summed E-state index contributed by atoms with van der Waals surface area (Å²) in [4.78, 5) is 26.7. The molecule has 1 aliphatic rings. The summed E-state index contributed by atoms with van der Waals surface area (Å²) < 4.78 is 27.9. The number of carbonyl (C=O) groups excluding carboxylic acids is 1. The van der Waals surface area contributed by atoms with Crippen molar-refractivity contribution >= 4 is 33.6 Å². The molecule has 8 N–H and O–H groups in total. The lowest BCUT2D eigenvalue weighted by molar-refractivity contribution is -0.236. The molecular weight excluding hydrogens is 591 g/mol. The Hall–Kier alpha value is -4.85. The molecule has 4 unspecified atom stereocenters. The van der Waals surface area contributed by atoms with E-state index in [0.717, 1.165) is 36.4 Å². The van der Waals surface area contributed by atoms with Crippen LogP contribution in [0, 0.1) is 0 Å². The molecule has 4 atom stereocenters. The van der Waals surface area contributed by atoms with Gasteiger partial charge in [-0.3, -0.25) is 4.79 Å². The first kappa shape index (κ1) is 29.6. The molecule has 2 radical (unpaired) electrons. The number of fused-ring (bicyclic) bond motifs is 1. The number of aliphatic hydroxyl groups is 1. The normalized spacial score (nSPS) is 20.1. The van der Waals surface area contributed by atoms with Gasteiger partial charge in [-0.15, -0.1) is 0 Å². The number of phenolic OH excluding ortho intramolecular Hbond substituents is 7. The topological polar surface area (TPSA) is 246 Å². The zero-order chi connectivity index (χ0) is 31.2. The molecule has 3 aromatic carbocycles. The highest BCUT2D eigenvalue weighted by Crippen LogP contribution is 2.40. The van der Waals surface area contributed by atoms with Gasteiger partial charge in [0.2, 0.25) is 17.5 Å². The van der Waals surface area contributed by atoms with Gasteiger partial charge in [-0.05, 0) is 30.3 Å². The fourth-order valence-electron chi connectivity index (χ4n) is 4.41. The zero-order valence-electron chi connectivity index (χ0n) is 21.6. The van der Waals surface area contributed by atoms with Gasteiger partial charge in [-0.2, -0.15) is 0 Å². The zero-order valence-corrected chi connectivity index (χ0v) is 22.7. The molecule has 0 aliphatic carbocycles. The Morgan fingerprint density at radius 1 is 0.860 bits per heavy atom. The summed E-state index contributed by atoms with van der Waals surface area (Å²) in [5.74, 6) is -6.94. The molecule has 15 nitrogen and oxygen atoms in total. The van der Waals surface area contributed by atoms with Gasteiger partial charge in [0.15, 0.2) is 40.6 Å². The van der Waals surface area contributed by atoms with Gasteiger partial charge in [-0.25, -0.2) is 4.79 Å². The van der Waals surface area contributed by atoms with Crippen molar-refractivity contribution < 1.29 is 68.1 Å². The van der Waals surface area contributed by atoms with E-state index >= 15 is 0 Å². The third kappa shape index (κ3) is 5.53. The van der Waals surface area contributed by atoms with E-state index in [9.17, 15) is 50.4 Å². The molecule has 0 amide bonds. The lowest BCUT2D eigenvalue weighted by Gasteiger charge is -2.39. The van der Waals surface area contributed by atoms with Gasteiger partial charge in [-0.1, -0.05) is 0 Å². The average Bonchev–Trinajstić information content (AvgIpc) is 2.95. The van der Waals surface area contributed by atoms with Gasteiger partial charge in [0, 0.05) is 17.7 Å². The van der Waals surface area contributed by atoms with Crippen LogP contribution in [-0.4, -0.2) is 94.7 Å². The first-order chi connectivity index (χ1) is 20.4. The van der Waals surface area contributed by atoms with Gasteiger partial charge >= 0.3 is 22.6 Å². The fraction of sp³-hybridized carbons (Fsp3) is 0.185. The number of hydrogen-bond donors (Lipinski definition) is 8. The van der Waals surface area contributed by atoms with Crippen LogP contribution in [0.15, 0.2) is 51.7 Å². The van der Waals surface area contributed by atoms with E-state index in [1.807, 2.05) is 16.6 Å². The minimum atomic E-state index is -1.71. The van der Waals surface area contributed by atoms with Crippen molar-refractivity contribution in [3.63, 3.8) is 0 Å². The van der Waals surface area contributed by atoms with Crippen LogP contribution in [0.3, 0.4) is 0 Å². The van der Waals surface area contributed by atoms with Crippen molar-refractivity contribution in [1.82, 2.24) is 0 Å². The molecule has 1 aromatic heterocycles. The van der Waals surface area contributed by atoms with Gasteiger partial charge in [0.25, 0.3) is 0 Å². The Bertz CT molecular complexity index is 1760. The van der Waals surface area contributed by atoms with E-state index in [1.54, 1.807) is 0 Å². The van der Waals surface area contributed by atoms with Crippen LogP contribution in [0.5, 0.6) is 46.0 Å². The van der Waals surface area contributed by atoms with Crippen LogP contribution in [0.4, 0.5) is 0 Å². The molecule has 2 heterocycles. The molecule has 1 saturated heterocycles. The lowest BCUT2D eigenvalue weighted by atomic mass is 10.0. The first-order valence-corrected chi connectivity index (χ1v) is 12.7. The number of hydrogen-bond acceptors (Lipinski definition) is 15. The first-order valence-electron chi connectivity index (χ1n) is 12.2. The maximum atomic E-state index is 13.7. The van der Waals surface area contributed by atoms with Crippen molar-refractivity contribution in [2.24, 2.45) is 0 Å². The highest BCUT2D eigenvalue weighted by Gasteiger charge is 2.45. The third-order valence-corrected chi connectivity index (χ3v) is 6.81. The molecule has 43 heavy (non-hydrogen) atoms. The summed E-state index contributed by atoms with van der Waals surface area (Å²) in [5, 5.41) is 79.5. The number of rotatable bonds is 6. The SMILES string of the molecule is O=C(OC1C(Oc2c(-c3ccc(O)c(O)c3)oc3cc(O)cc(O)c3c2=O)OCC(O)C1[O][Al])c1cc(O)c(O)c(O)c1.